The maximum Gasteiger partial charge on any atom is 0.321 e. The molecule has 3 N–H and O–H groups in total. The van der Waals surface area contributed by atoms with Gasteiger partial charge in [0.1, 0.15) is 5.69 Å². The van der Waals surface area contributed by atoms with E-state index in [1.165, 1.54) is 4.90 Å². The maximum atomic E-state index is 12.1. The molecule has 176 valence electrons. The quantitative estimate of drug-likeness (QED) is 0.320. The Labute approximate surface area is 206 Å². The van der Waals surface area contributed by atoms with Crippen molar-refractivity contribution in [1.82, 2.24) is 35.0 Å². The largest absolute Gasteiger partial charge is 0.337 e. The number of imidazole rings is 1. The number of aromatic amines is 2. The molecule has 0 aliphatic heterocycles. The van der Waals surface area contributed by atoms with Crippen molar-refractivity contribution in [2.24, 2.45) is 0 Å². The number of pyridine rings is 2. The normalized spacial score (nSPS) is 11.2. The summed E-state index contributed by atoms with van der Waals surface area (Å²) in [7, 11) is 3.39. The van der Waals surface area contributed by atoms with E-state index in [-0.39, 0.29) is 6.03 Å². The summed E-state index contributed by atoms with van der Waals surface area (Å²) in [5, 5.41) is 11.4. The van der Waals surface area contributed by atoms with E-state index >= 15 is 0 Å². The summed E-state index contributed by atoms with van der Waals surface area (Å²) in [5.74, 6) is 0.676. The van der Waals surface area contributed by atoms with Gasteiger partial charge in [0.15, 0.2) is 5.82 Å². The number of hydrogen-bond acceptors (Lipinski definition) is 5. The van der Waals surface area contributed by atoms with Gasteiger partial charge in [0, 0.05) is 54.8 Å². The molecule has 4 aromatic heterocycles. The lowest BCUT2D eigenvalue weighted by atomic mass is 10.0. The fourth-order valence-corrected chi connectivity index (χ4v) is 4.17. The topological polar surface area (TPSA) is 115 Å². The van der Waals surface area contributed by atoms with Crippen LogP contribution in [-0.2, 0) is 0 Å². The van der Waals surface area contributed by atoms with Crippen LogP contribution in [0.3, 0.4) is 0 Å². The van der Waals surface area contributed by atoms with Gasteiger partial charge in [-0.25, -0.2) is 9.78 Å². The van der Waals surface area contributed by atoms with Gasteiger partial charge in [0.05, 0.1) is 28.4 Å². The zero-order chi connectivity index (χ0) is 24.6. The Morgan fingerprint density at radius 1 is 0.889 bits per heavy atom. The van der Waals surface area contributed by atoms with E-state index in [1.807, 2.05) is 54.7 Å². The number of amides is 2. The first-order chi connectivity index (χ1) is 17.6. The second-order valence-corrected chi connectivity index (χ2v) is 8.65. The summed E-state index contributed by atoms with van der Waals surface area (Å²) in [6.45, 7) is 0. The zero-order valence-corrected chi connectivity index (χ0v) is 19.6. The molecule has 0 radical (unpaired) electrons. The van der Waals surface area contributed by atoms with Crippen molar-refractivity contribution < 1.29 is 4.79 Å². The molecule has 2 amide bonds. The summed E-state index contributed by atoms with van der Waals surface area (Å²) in [5.41, 5.74) is 7.87. The fourth-order valence-electron chi connectivity index (χ4n) is 4.17. The third kappa shape index (κ3) is 3.82. The first kappa shape index (κ1) is 21.5. The number of rotatable bonds is 4. The van der Waals surface area contributed by atoms with Gasteiger partial charge in [-0.2, -0.15) is 5.10 Å². The van der Waals surface area contributed by atoms with E-state index in [4.69, 9.17) is 4.98 Å². The lowest BCUT2D eigenvalue weighted by Crippen LogP contribution is -2.27. The number of H-pyrrole nitrogens is 2. The summed E-state index contributed by atoms with van der Waals surface area (Å²) in [6.07, 6.45) is 6.99. The van der Waals surface area contributed by atoms with Crippen molar-refractivity contribution in [2.75, 3.05) is 19.4 Å². The molecule has 0 aliphatic carbocycles. The van der Waals surface area contributed by atoms with E-state index < -0.39 is 0 Å². The molecular weight excluding hydrogens is 452 g/mol. The van der Waals surface area contributed by atoms with Crippen molar-refractivity contribution in [1.29, 1.82) is 0 Å². The molecule has 9 heteroatoms. The van der Waals surface area contributed by atoms with Crippen LogP contribution >= 0.6 is 0 Å². The molecule has 6 aromatic rings. The predicted molar refractivity (Wildman–Crippen MR) is 140 cm³/mol. The number of carbonyl (C=O) groups excluding carboxylic acids is 1. The SMILES string of the molecule is CN(C)C(=O)Nc1cncc(-c2ccc3[nH]nc(-c4nc5c(-c6cccnc6)cccc5[nH]4)c3c2)c1. The molecule has 0 aliphatic rings. The van der Waals surface area contributed by atoms with Crippen LogP contribution in [0.5, 0.6) is 0 Å². The average molecular weight is 475 g/mol. The van der Waals surface area contributed by atoms with Crippen molar-refractivity contribution in [3.8, 4) is 33.8 Å². The van der Waals surface area contributed by atoms with E-state index in [9.17, 15) is 4.79 Å². The van der Waals surface area contributed by atoms with Crippen LogP contribution in [0.4, 0.5) is 10.5 Å². The molecule has 0 fully saturated rings. The minimum atomic E-state index is -0.211. The van der Waals surface area contributed by atoms with Crippen LogP contribution in [0.15, 0.2) is 79.4 Å². The molecule has 9 nitrogen and oxygen atoms in total. The third-order valence-corrected chi connectivity index (χ3v) is 6.00. The summed E-state index contributed by atoms with van der Waals surface area (Å²) < 4.78 is 0. The second-order valence-electron chi connectivity index (χ2n) is 8.65. The Morgan fingerprint density at radius 3 is 2.61 bits per heavy atom. The molecule has 0 unspecified atom stereocenters. The standard InChI is InChI=1S/C27H22N8O/c1-35(2)27(36)30-19-11-18(14-29-15-19)16-8-9-22-21(12-16)25(34-33-22)26-31-23-7-3-6-20(24(23)32-26)17-5-4-10-28-13-17/h3-15H,1-2H3,(H,30,36)(H,31,32)(H,33,34). The van der Waals surface area contributed by atoms with E-state index in [1.54, 1.807) is 32.7 Å². The highest BCUT2D eigenvalue weighted by atomic mass is 16.2. The zero-order valence-electron chi connectivity index (χ0n) is 19.6. The number of fused-ring (bicyclic) bond motifs is 2. The van der Waals surface area contributed by atoms with Crippen LogP contribution in [0.2, 0.25) is 0 Å². The monoisotopic (exact) mass is 474 g/mol. The predicted octanol–water partition coefficient (Wildman–Crippen LogP) is 5.32. The molecule has 6 rings (SSSR count). The summed E-state index contributed by atoms with van der Waals surface area (Å²) in [4.78, 5) is 30.4. The number of aromatic nitrogens is 6. The highest BCUT2D eigenvalue weighted by Crippen LogP contribution is 2.33. The van der Waals surface area contributed by atoms with Crippen molar-refractivity contribution >= 4 is 33.7 Å². The highest BCUT2D eigenvalue weighted by molar-refractivity contribution is 5.98. The van der Waals surface area contributed by atoms with Crippen molar-refractivity contribution in [3.05, 3.63) is 79.4 Å². The molecule has 2 aromatic carbocycles. The lowest BCUT2D eigenvalue weighted by Gasteiger charge is -2.12. The van der Waals surface area contributed by atoms with E-state index in [0.29, 0.717) is 11.5 Å². The van der Waals surface area contributed by atoms with Gasteiger partial charge in [-0.05, 0) is 35.9 Å². The third-order valence-electron chi connectivity index (χ3n) is 6.00. The lowest BCUT2D eigenvalue weighted by molar-refractivity contribution is 0.230. The second kappa shape index (κ2) is 8.62. The Morgan fingerprint density at radius 2 is 1.78 bits per heavy atom. The number of nitrogens with one attached hydrogen (secondary N) is 3. The Hall–Kier alpha value is -5.05. The fraction of sp³-hybridized carbons (Fsp3) is 0.0741. The van der Waals surface area contributed by atoms with Crippen molar-refractivity contribution in [2.45, 2.75) is 0 Å². The van der Waals surface area contributed by atoms with Crippen LogP contribution < -0.4 is 5.32 Å². The number of nitrogens with zero attached hydrogens (tertiary/aromatic N) is 5. The van der Waals surface area contributed by atoms with E-state index in [2.05, 4.69) is 36.5 Å². The van der Waals surface area contributed by atoms with Gasteiger partial charge in [-0.3, -0.25) is 15.1 Å². The number of benzene rings is 2. The molecule has 0 spiro atoms. The molecule has 0 saturated carbocycles. The van der Waals surface area contributed by atoms with E-state index in [0.717, 1.165) is 49.9 Å². The van der Waals surface area contributed by atoms with Gasteiger partial charge >= 0.3 is 6.03 Å². The van der Waals surface area contributed by atoms with Gasteiger partial charge in [-0.1, -0.05) is 24.3 Å². The first-order valence-corrected chi connectivity index (χ1v) is 11.4. The number of carbonyl (C=O) groups is 1. The minimum absolute atomic E-state index is 0.211. The van der Waals surface area contributed by atoms with Gasteiger partial charge in [0.25, 0.3) is 0 Å². The number of hydrogen-bond donors (Lipinski definition) is 3. The molecule has 0 saturated heterocycles. The Kier molecular flexibility index (Phi) is 5.15. The van der Waals surface area contributed by atoms with Crippen LogP contribution in [0, 0.1) is 0 Å². The molecular formula is C27H22N8O. The van der Waals surface area contributed by atoms with Crippen LogP contribution in [-0.4, -0.2) is 55.2 Å². The Bertz CT molecular complexity index is 1720. The highest BCUT2D eigenvalue weighted by Gasteiger charge is 2.16. The summed E-state index contributed by atoms with van der Waals surface area (Å²) in [6, 6.07) is 17.7. The van der Waals surface area contributed by atoms with Crippen molar-refractivity contribution in [3.63, 3.8) is 0 Å². The number of para-hydroxylation sites is 1. The molecule has 36 heavy (non-hydrogen) atoms. The van der Waals surface area contributed by atoms with Crippen LogP contribution in [0.25, 0.3) is 55.7 Å². The number of urea groups is 1. The van der Waals surface area contributed by atoms with Gasteiger partial charge in [0.2, 0.25) is 0 Å². The molecule has 0 bridgehead atoms. The minimum Gasteiger partial charge on any atom is -0.337 e. The van der Waals surface area contributed by atoms with Crippen LogP contribution in [0.1, 0.15) is 0 Å². The molecule has 4 heterocycles. The van der Waals surface area contributed by atoms with Gasteiger partial charge in [-0.15, -0.1) is 0 Å². The smallest absolute Gasteiger partial charge is 0.321 e. The first-order valence-electron chi connectivity index (χ1n) is 11.4. The average Bonchev–Trinajstić information content (AvgIpc) is 3.53. The summed E-state index contributed by atoms with van der Waals surface area (Å²) >= 11 is 0. The maximum absolute atomic E-state index is 12.1. The Balaban J connectivity index is 1.41. The molecule has 0 atom stereocenters. The van der Waals surface area contributed by atoms with Gasteiger partial charge < -0.3 is 15.2 Å². The number of anilines is 1.